The van der Waals surface area contributed by atoms with Gasteiger partial charge in [0.2, 0.25) is 5.91 Å². The van der Waals surface area contributed by atoms with Gasteiger partial charge in [-0.05, 0) is 13.8 Å². The minimum atomic E-state index is -1.28. The summed E-state index contributed by atoms with van der Waals surface area (Å²) in [7, 11) is 0. The average Bonchev–Trinajstić information content (AvgIpc) is 2.27. The summed E-state index contributed by atoms with van der Waals surface area (Å²) in [5.74, 6) is -0.366. The van der Waals surface area contributed by atoms with Crippen LogP contribution in [-0.4, -0.2) is 64.6 Å². The Morgan fingerprint density at radius 3 is 2.44 bits per heavy atom. The lowest BCUT2D eigenvalue weighted by Gasteiger charge is -2.42. The Balaban J connectivity index is 2.83. The highest BCUT2D eigenvalue weighted by atomic mass is 16.7. The highest BCUT2D eigenvalue weighted by molar-refractivity contribution is 5.73. The number of aliphatic hydroxyl groups excluding tert-OH is 3. The van der Waals surface area contributed by atoms with Gasteiger partial charge in [0.05, 0.1) is 12.7 Å². The van der Waals surface area contributed by atoms with E-state index in [1.807, 2.05) is 0 Å². The zero-order valence-corrected chi connectivity index (χ0v) is 10.7. The maximum absolute atomic E-state index is 11.1. The van der Waals surface area contributed by atoms with Crippen molar-refractivity contribution >= 4 is 5.91 Å². The van der Waals surface area contributed by atoms with Crippen LogP contribution in [0, 0.1) is 0 Å². The summed E-state index contributed by atoms with van der Waals surface area (Å²) >= 11 is 0. The average molecular weight is 263 g/mol. The van der Waals surface area contributed by atoms with Gasteiger partial charge >= 0.3 is 0 Å². The van der Waals surface area contributed by atoms with Crippen molar-refractivity contribution in [2.24, 2.45) is 0 Å². The number of hydrogen-bond acceptors (Lipinski definition) is 6. The molecule has 1 amide bonds. The minimum absolute atomic E-state index is 0.187. The van der Waals surface area contributed by atoms with Gasteiger partial charge < -0.3 is 30.1 Å². The molecular formula is C11H21NO6. The Morgan fingerprint density at radius 2 is 2.00 bits per heavy atom. The van der Waals surface area contributed by atoms with E-state index in [1.165, 1.54) is 6.92 Å². The predicted octanol–water partition coefficient (Wildman–Crippen LogP) is -1.64. The molecule has 0 aromatic rings. The number of nitrogens with one attached hydrogen (secondary N) is 1. The van der Waals surface area contributed by atoms with Crippen molar-refractivity contribution in [3.63, 3.8) is 0 Å². The van der Waals surface area contributed by atoms with Crippen LogP contribution in [-0.2, 0) is 14.3 Å². The molecule has 106 valence electrons. The van der Waals surface area contributed by atoms with Crippen LogP contribution in [0.5, 0.6) is 0 Å². The van der Waals surface area contributed by atoms with Crippen LogP contribution in [0.2, 0.25) is 0 Å². The van der Waals surface area contributed by atoms with E-state index in [9.17, 15) is 15.0 Å². The summed E-state index contributed by atoms with van der Waals surface area (Å²) in [5, 5.41) is 31.2. The number of carbonyl (C=O) groups is 1. The fraction of sp³-hybridized carbons (Fsp3) is 0.909. The zero-order valence-electron chi connectivity index (χ0n) is 10.7. The molecule has 1 saturated heterocycles. The molecule has 18 heavy (non-hydrogen) atoms. The van der Waals surface area contributed by atoms with Crippen molar-refractivity contribution in [3.05, 3.63) is 0 Å². The molecular weight excluding hydrogens is 242 g/mol. The molecule has 0 radical (unpaired) electrons. The van der Waals surface area contributed by atoms with Crippen molar-refractivity contribution in [1.82, 2.24) is 5.32 Å². The Bertz CT molecular complexity index is 285. The van der Waals surface area contributed by atoms with Crippen LogP contribution in [0.3, 0.4) is 0 Å². The van der Waals surface area contributed by atoms with Gasteiger partial charge in [-0.2, -0.15) is 0 Å². The van der Waals surface area contributed by atoms with Gasteiger partial charge in [-0.3, -0.25) is 4.79 Å². The SMILES string of the molecule is CC(=O)N[C@H]1C(O)[C@@H](O)C(CO)O[C@@H]1OC(C)C. The van der Waals surface area contributed by atoms with Crippen LogP contribution < -0.4 is 5.32 Å². The van der Waals surface area contributed by atoms with E-state index in [-0.39, 0.29) is 12.0 Å². The van der Waals surface area contributed by atoms with Crippen LogP contribution in [0.4, 0.5) is 0 Å². The van der Waals surface area contributed by atoms with Crippen LogP contribution in [0.15, 0.2) is 0 Å². The number of ether oxygens (including phenoxy) is 2. The molecule has 1 aliphatic rings. The molecule has 0 aromatic carbocycles. The Morgan fingerprint density at radius 1 is 1.39 bits per heavy atom. The Labute approximate surface area is 106 Å². The monoisotopic (exact) mass is 263 g/mol. The first-order chi connectivity index (χ1) is 8.36. The van der Waals surface area contributed by atoms with Crippen molar-refractivity contribution in [2.45, 2.75) is 57.5 Å². The van der Waals surface area contributed by atoms with Crippen molar-refractivity contribution in [1.29, 1.82) is 0 Å². The maximum atomic E-state index is 11.1. The molecule has 0 bridgehead atoms. The molecule has 7 nitrogen and oxygen atoms in total. The standard InChI is InChI=1S/C11H21NO6/c1-5(2)17-11-8(12-6(3)14)10(16)9(15)7(4-13)18-11/h5,7-11,13,15-16H,4H2,1-3H3,(H,12,14)/t7?,8-,9-,10?,11-/m0/s1. The molecule has 0 aliphatic carbocycles. The van der Waals surface area contributed by atoms with Crippen molar-refractivity contribution in [2.75, 3.05) is 6.61 Å². The molecule has 1 rings (SSSR count). The zero-order chi connectivity index (χ0) is 13.9. The molecule has 4 N–H and O–H groups in total. The van der Waals surface area contributed by atoms with Crippen LogP contribution >= 0.6 is 0 Å². The summed E-state index contributed by atoms with van der Waals surface area (Å²) in [6.07, 6.45) is -4.58. The van der Waals surface area contributed by atoms with Gasteiger partial charge in [0, 0.05) is 6.92 Å². The fourth-order valence-electron chi connectivity index (χ4n) is 1.85. The topological polar surface area (TPSA) is 108 Å². The van der Waals surface area contributed by atoms with Gasteiger partial charge in [0.1, 0.15) is 24.4 Å². The van der Waals surface area contributed by atoms with Gasteiger partial charge in [-0.1, -0.05) is 0 Å². The van der Waals surface area contributed by atoms with E-state index in [0.717, 1.165) is 0 Å². The van der Waals surface area contributed by atoms with Crippen LogP contribution in [0.25, 0.3) is 0 Å². The predicted molar refractivity (Wildman–Crippen MR) is 61.6 cm³/mol. The lowest BCUT2D eigenvalue weighted by atomic mass is 9.97. The molecule has 7 heteroatoms. The number of rotatable bonds is 4. The number of carbonyl (C=O) groups excluding carboxylic acids is 1. The Kier molecular flexibility index (Phi) is 5.48. The second kappa shape index (κ2) is 6.44. The quantitative estimate of drug-likeness (QED) is 0.484. The Hall–Kier alpha value is -0.730. The van der Waals surface area contributed by atoms with Crippen molar-refractivity contribution < 1.29 is 29.6 Å². The molecule has 2 unspecified atom stereocenters. The molecule has 0 spiro atoms. The smallest absolute Gasteiger partial charge is 0.217 e. The van der Waals surface area contributed by atoms with E-state index >= 15 is 0 Å². The third-order valence-corrected chi connectivity index (χ3v) is 2.66. The summed E-state index contributed by atoms with van der Waals surface area (Å²) in [6, 6.07) is -0.873. The molecule has 1 heterocycles. The number of hydrogen-bond donors (Lipinski definition) is 4. The first kappa shape index (κ1) is 15.3. The number of aliphatic hydroxyl groups is 3. The highest BCUT2D eigenvalue weighted by Gasteiger charge is 2.45. The largest absolute Gasteiger partial charge is 0.394 e. The fourth-order valence-corrected chi connectivity index (χ4v) is 1.85. The summed E-state index contributed by atoms with van der Waals surface area (Å²) < 4.78 is 10.8. The molecule has 5 atom stereocenters. The first-order valence-electron chi connectivity index (χ1n) is 5.91. The van der Waals surface area contributed by atoms with E-state index in [1.54, 1.807) is 13.8 Å². The third kappa shape index (κ3) is 3.63. The minimum Gasteiger partial charge on any atom is -0.394 e. The van der Waals surface area contributed by atoms with E-state index in [2.05, 4.69) is 5.32 Å². The second-order valence-corrected chi connectivity index (χ2v) is 4.62. The van der Waals surface area contributed by atoms with Crippen molar-refractivity contribution in [3.8, 4) is 0 Å². The van der Waals surface area contributed by atoms with E-state index in [4.69, 9.17) is 14.6 Å². The molecule has 0 aromatic heterocycles. The maximum Gasteiger partial charge on any atom is 0.217 e. The van der Waals surface area contributed by atoms with Gasteiger partial charge in [-0.25, -0.2) is 0 Å². The van der Waals surface area contributed by atoms with Gasteiger partial charge in [0.15, 0.2) is 6.29 Å². The van der Waals surface area contributed by atoms with Gasteiger partial charge in [-0.15, -0.1) is 0 Å². The third-order valence-electron chi connectivity index (χ3n) is 2.66. The summed E-state index contributed by atoms with van der Waals surface area (Å²) in [6.45, 7) is 4.41. The lowest BCUT2D eigenvalue weighted by Crippen LogP contribution is -2.64. The molecule has 1 fully saturated rings. The summed E-state index contributed by atoms with van der Waals surface area (Å²) in [5.41, 5.74) is 0. The first-order valence-corrected chi connectivity index (χ1v) is 5.91. The normalized spacial score (nSPS) is 36.7. The molecule has 1 aliphatic heterocycles. The van der Waals surface area contributed by atoms with Crippen LogP contribution in [0.1, 0.15) is 20.8 Å². The highest BCUT2D eigenvalue weighted by Crippen LogP contribution is 2.22. The van der Waals surface area contributed by atoms with E-state index in [0.29, 0.717) is 0 Å². The number of amides is 1. The second-order valence-electron chi connectivity index (χ2n) is 4.62. The molecule has 0 saturated carbocycles. The lowest BCUT2D eigenvalue weighted by molar-refractivity contribution is -0.278. The van der Waals surface area contributed by atoms with Gasteiger partial charge in [0.25, 0.3) is 0 Å². The van der Waals surface area contributed by atoms with E-state index < -0.39 is 37.3 Å². The summed E-state index contributed by atoms with van der Waals surface area (Å²) in [4.78, 5) is 11.1.